The zero-order valence-corrected chi connectivity index (χ0v) is 13.2. The molecule has 0 saturated heterocycles. The molecule has 0 spiro atoms. The van der Waals surface area contributed by atoms with Gasteiger partial charge in [0.1, 0.15) is 0 Å². The first kappa shape index (κ1) is 16.2. The van der Waals surface area contributed by atoms with Gasteiger partial charge in [-0.05, 0) is 19.1 Å². The summed E-state index contributed by atoms with van der Waals surface area (Å²) in [6.07, 6.45) is 1.56. The van der Waals surface area contributed by atoms with Crippen LogP contribution in [0.15, 0.2) is 41.4 Å². The van der Waals surface area contributed by atoms with Crippen molar-refractivity contribution in [1.29, 1.82) is 0 Å². The molecule has 0 unspecified atom stereocenters. The highest BCUT2D eigenvalue weighted by Gasteiger charge is 2.12. The summed E-state index contributed by atoms with van der Waals surface area (Å²) in [6.45, 7) is 2.48. The molecule has 7 nitrogen and oxygen atoms in total. The number of benzene rings is 1. The fraction of sp³-hybridized carbons (Fsp3) is 0.286. The lowest BCUT2D eigenvalue weighted by atomic mass is 10.2. The predicted octanol–water partition coefficient (Wildman–Crippen LogP) is 1.18. The summed E-state index contributed by atoms with van der Waals surface area (Å²) in [5.41, 5.74) is 1.01. The molecule has 1 aromatic heterocycles. The van der Waals surface area contributed by atoms with Crippen molar-refractivity contribution in [2.24, 2.45) is 0 Å². The monoisotopic (exact) mass is 322 g/mol. The highest BCUT2D eigenvalue weighted by molar-refractivity contribution is 7.89. The summed E-state index contributed by atoms with van der Waals surface area (Å²) in [6, 6.07) is 8.31. The Morgan fingerprint density at radius 3 is 2.55 bits per heavy atom. The van der Waals surface area contributed by atoms with E-state index in [2.05, 4.69) is 20.0 Å². The predicted molar refractivity (Wildman–Crippen MR) is 83.4 cm³/mol. The normalized spacial score (nSPS) is 11.2. The van der Waals surface area contributed by atoms with Crippen LogP contribution >= 0.6 is 0 Å². The average molecular weight is 322 g/mol. The van der Waals surface area contributed by atoms with Gasteiger partial charge in [-0.15, -0.1) is 0 Å². The number of anilines is 1. The number of aryl methyl sites for hydroxylation is 1. The molecule has 2 N–H and O–H groups in total. The van der Waals surface area contributed by atoms with E-state index in [1.54, 1.807) is 36.5 Å². The van der Waals surface area contributed by atoms with Gasteiger partial charge in [0.25, 0.3) is 0 Å². The number of sulfonamides is 1. The number of hydrogen-bond donors (Lipinski definition) is 2. The van der Waals surface area contributed by atoms with E-state index < -0.39 is 10.0 Å². The Hall–Kier alpha value is -2.19. The van der Waals surface area contributed by atoms with E-state index in [0.29, 0.717) is 18.4 Å². The third-order valence-corrected chi connectivity index (χ3v) is 4.35. The first-order chi connectivity index (χ1) is 10.5. The highest BCUT2D eigenvalue weighted by Crippen LogP contribution is 2.09. The van der Waals surface area contributed by atoms with E-state index in [4.69, 9.17) is 4.74 Å². The molecular formula is C14H18N4O3S. The molecule has 8 heteroatoms. The molecule has 0 fully saturated rings. The second-order valence-electron chi connectivity index (χ2n) is 4.56. The lowest BCUT2D eigenvalue weighted by Crippen LogP contribution is -2.29. The van der Waals surface area contributed by atoms with Crippen molar-refractivity contribution in [3.05, 3.63) is 42.1 Å². The maximum atomic E-state index is 12.1. The first-order valence-corrected chi connectivity index (χ1v) is 8.17. The van der Waals surface area contributed by atoms with E-state index in [1.165, 1.54) is 7.11 Å². The zero-order chi connectivity index (χ0) is 16.0. The fourth-order valence-electron chi connectivity index (χ4n) is 1.70. The van der Waals surface area contributed by atoms with Crippen molar-refractivity contribution in [3.8, 4) is 5.88 Å². The minimum Gasteiger partial charge on any atom is -0.481 e. The van der Waals surface area contributed by atoms with Gasteiger partial charge >= 0.3 is 0 Å². The fourth-order valence-corrected chi connectivity index (χ4v) is 2.73. The van der Waals surface area contributed by atoms with Crippen LogP contribution in [0.1, 0.15) is 5.56 Å². The molecule has 1 heterocycles. The summed E-state index contributed by atoms with van der Waals surface area (Å²) in [7, 11) is -1.98. The second-order valence-corrected chi connectivity index (χ2v) is 6.33. The summed E-state index contributed by atoms with van der Waals surface area (Å²) >= 11 is 0. The molecule has 118 valence electrons. The van der Waals surface area contributed by atoms with Crippen LogP contribution in [0.5, 0.6) is 5.88 Å². The van der Waals surface area contributed by atoms with Crippen molar-refractivity contribution in [2.75, 3.05) is 25.5 Å². The number of hydrogen-bond acceptors (Lipinski definition) is 6. The Morgan fingerprint density at radius 1 is 1.14 bits per heavy atom. The molecule has 0 saturated carbocycles. The second kappa shape index (κ2) is 7.19. The van der Waals surface area contributed by atoms with Crippen molar-refractivity contribution in [3.63, 3.8) is 0 Å². The van der Waals surface area contributed by atoms with E-state index in [0.717, 1.165) is 5.56 Å². The molecule has 0 aliphatic rings. The van der Waals surface area contributed by atoms with Crippen LogP contribution in [0.2, 0.25) is 0 Å². The molecule has 0 bridgehead atoms. The lowest BCUT2D eigenvalue weighted by Gasteiger charge is -2.08. The van der Waals surface area contributed by atoms with Crippen LogP contribution in [0.25, 0.3) is 0 Å². The number of methoxy groups -OCH3 is 1. The maximum absolute atomic E-state index is 12.1. The van der Waals surface area contributed by atoms with Crippen molar-refractivity contribution >= 4 is 16.0 Å². The lowest BCUT2D eigenvalue weighted by molar-refractivity contribution is 0.397. The molecule has 0 aliphatic carbocycles. The third-order valence-electron chi connectivity index (χ3n) is 2.87. The largest absolute Gasteiger partial charge is 0.481 e. The Morgan fingerprint density at radius 2 is 1.86 bits per heavy atom. The molecule has 2 aromatic rings. The smallest absolute Gasteiger partial charge is 0.240 e. The van der Waals surface area contributed by atoms with Gasteiger partial charge in [0.2, 0.25) is 21.9 Å². The summed E-state index contributed by atoms with van der Waals surface area (Å²) in [5, 5.41) is 2.92. The molecule has 0 atom stereocenters. The van der Waals surface area contributed by atoms with Gasteiger partial charge < -0.3 is 10.1 Å². The Balaban J connectivity index is 1.86. The van der Waals surface area contributed by atoms with Crippen molar-refractivity contribution in [1.82, 2.24) is 14.7 Å². The van der Waals surface area contributed by atoms with E-state index >= 15 is 0 Å². The van der Waals surface area contributed by atoms with E-state index in [9.17, 15) is 8.42 Å². The number of nitrogens with zero attached hydrogens (tertiary/aromatic N) is 2. The van der Waals surface area contributed by atoms with Gasteiger partial charge in [0, 0.05) is 25.4 Å². The van der Waals surface area contributed by atoms with Gasteiger partial charge in [-0.25, -0.2) is 18.1 Å². The van der Waals surface area contributed by atoms with Crippen LogP contribution in [0.3, 0.4) is 0 Å². The van der Waals surface area contributed by atoms with E-state index in [-0.39, 0.29) is 11.4 Å². The van der Waals surface area contributed by atoms with Crippen LogP contribution in [-0.4, -0.2) is 38.6 Å². The van der Waals surface area contributed by atoms with Crippen LogP contribution in [-0.2, 0) is 10.0 Å². The van der Waals surface area contributed by atoms with Crippen molar-refractivity contribution < 1.29 is 13.2 Å². The molecule has 1 aromatic carbocycles. The first-order valence-electron chi connectivity index (χ1n) is 6.68. The van der Waals surface area contributed by atoms with E-state index in [1.807, 2.05) is 6.92 Å². The minimum atomic E-state index is -3.50. The number of nitrogens with one attached hydrogen (secondary N) is 2. The standard InChI is InChI=1S/C14H18N4O3S/c1-11-3-5-12(6-4-11)22(19,20)17-10-9-16-14-15-8-7-13(18-14)21-2/h3-8,17H,9-10H2,1-2H3,(H,15,16,18). The minimum absolute atomic E-state index is 0.219. The maximum Gasteiger partial charge on any atom is 0.240 e. The summed E-state index contributed by atoms with van der Waals surface area (Å²) < 4.78 is 31.6. The van der Waals surface area contributed by atoms with Crippen molar-refractivity contribution in [2.45, 2.75) is 11.8 Å². The Labute approximate surface area is 129 Å². The van der Waals surface area contributed by atoms with Gasteiger partial charge in [0.15, 0.2) is 0 Å². The van der Waals surface area contributed by atoms with Crippen LogP contribution in [0.4, 0.5) is 5.95 Å². The molecular weight excluding hydrogens is 304 g/mol. The quantitative estimate of drug-likeness (QED) is 0.744. The number of ether oxygens (including phenoxy) is 1. The Kier molecular flexibility index (Phi) is 5.29. The SMILES string of the molecule is COc1ccnc(NCCNS(=O)(=O)c2ccc(C)cc2)n1. The molecule has 0 radical (unpaired) electrons. The van der Waals surface area contributed by atoms with Gasteiger partial charge in [-0.2, -0.15) is 4.98 Å². The van der Waals surface area contributed by atoms with Gasteiger partial charge in [0.05, 0.1) is 12.0 Å². The number of aromatic nitrogens is 2. The Bertz CT molecular complexity index is 717. The zero-order valence-electron chi connectivity index (χ0n) is 12.4. The topological polar surface area (TPSA) is 93.2 Å². The van der Waals surface area contributed by atoms with Crippen LogP contribution in [0, 0.1) is 6.92 Å². The molecule has 0 aliphatic heterocycles. The molecule has 22 heavy (non-hydrogen) atoms. The van der Waals surface area contributed by atoms with Gasteiger partial charge in [-0.1, -0.05) is 17.7 Å². The van der Waals surface area contributed by atoms with Gasteiger partial charge in [-0.3, -0.25) is 0 Å². The summed E-state index contributed by atoms with van der Waals surface area (Å²) in [4.78, 5) is 8.33. The number of rotatable bonds is 7. The average Bonchev–Trinajstić information content (AvgIpc) is 2.52. The molecule has 0 amide bonds. The summed E-state index contributed by atoms with van der Waals surface area (Å²) in [5.74, 6) is 0.826. The third kappa shape index (κ3) is 4.40. The molecule has 2 rings (SSSR count). The highest BCUT2D eigenvalue weighted by atomic mass is 32.2. The van der Waals surface area contributed by atoms with Crippen LogP contribution < -0.4 is 14.8 Å².